The number of hydrogen-bond donors (Lipinski definition) is 2. The molecule has 20 heavy (non-hydrogen) atoms. The molecule has 2 saturated carbocycles. The van der Waals surface area contributed by atoms with Gasteiger partial charge in [0.2, 0.25) is 0 Å². The Labute approximate surface area is 119 Å². The molecule has 4 rings (SSSR count). The topological polar surface area (TPSA) is 58.2 Å². The normalized spacial score (nSPS) is 43.8. The van der Waals surface area contributed by atoms with Crippen LogP contribution in [0.2, 0.25) is 0 Å². The quantitative estimate of drug-likeness (QED) is 0.660. The van der Waals surface area contributed by atoms with Gasteiger partial charge in [-0.25, -0.2) is 0 Å². The van der Waals surface area contributed by atoms with Crippen molar-refractivity contribution in [3.8, 4) is 0 Å². The number of rotatable bonds is 0. The highest BCUT2D eigenvalue weighted by molar-refractivity contribution is 6.10. The zero-order valence-corrected chi connectivity index (χ0v) is 11.8. The van der Waals surface area contributed by atoms with E-state index in [1.54, 1.807) is 0 Å². The molecule has 0 amide bonds. The van der Waals surface area contributed by atoms with Crippen molar-refractivity contribution in [2.75, 3.05) is 0 Å². The molecule has 2 saturated heterocycles. The molecule has 0 bridgehead atoms. The third kappa shape index (κ3) is 1.73. The Balaban J connectivity index is 1.65. The Morgan fingerprint density at radius 3 is 1.45 bits per heavy atom. The summed E-state index contributed by atoms with van der Waals surface area (Å²) in [5.41, 5.74) is 1.22. The van der Waals surface area contributed by atoms with Gasteiger partial charge in [-0.05, 0) is 25.7 Å². The van der Waals surface area contributed by atoms with Crippen molar-refractivity contribution in [2.45, 2.75) is 63.5 Å². The number of allylic oxidation sites excluding steroid dienone is 2. The lowest BCUT2D eigenvalue weighted by atomic mass is 9.84. The second kappa shape index (κ2) is 4.61. The zero-order chi connectivity index (χ0) is 13.7. The summed E-state index contributed by atoms with van der Waals surface area (Å²) in [6.45, 7) is 0. The molecular formula is C16H22N2O2. The van der Waals surface area contributed by atoms with Crippen LogP contribution >= 0.6 is 0 Å². The van der Waals surface area contributed by atoms with Crippen molar-refractivity contribution in [2.24, 2.45) is 11.8 Å². The van der Waals surface area contributed by atoms with E-state index in [-0.39, 0.29) is 35.5 Å². The molecule has 2 aliphatic heterocycles. The van der Waals surface area contributed by atoms with Crippen LogP contribution in [0.4, 0.5) is 0 Å². The Kier molecular flexibility index (Phi) is 2.86. The van der Waals surface area contributed by atoms with Crippen LogP contribution in [0.5, 0.6) is 0 Å². The summed E-state index contributed by atoms with van der Waals surface area (Å²) in [5, 5.41) is 6.74. The minimum absolute atomic E-state index is 0.114. The summed E-state index contributed by atoms with van der Waals surface area (Å²) in [5.74, 6) is 0.598. The molecule has 4 heteroatoms. The van der Waals surface area contributed by atoms with Gasteiger partial charge >= 0.3 is 0 Å². The van der Waals surface area contributed by atoms with Gasteiger partial charge in [0.15, 0.2) is 11.6 Å². The number of Topliss-reactive ketones (excluding diaryl/α,β-unsaturated/α-hetero) is 2. The molecule has 4 fully saturated rings. The van der Waals surface area contributed by atoms with Crippen molar-refractivity contribution < 1.29 is 9.59 Å². The minimum atomic E-state index is 0.114. The fourth-order valence-corrected chi connectivity index (χ4v) is 4.51. The van der Waals surface area contributed by atoms with Gasteiger partial charge in [0.1, 0.15) is 11.4 Å². The van der Waals surface area contributed by atoms with Gasteiger partial charge < -0.3 is 10.6 Å². The molecule has 4 unspecified atom stereocenters. The van der Waals surface area contributed by atoms with Crippen molar-refractivity contribution in [3.63, 3.8) is 0 Å². The maximum absolute atomic E-state index is 12.6. The summed E-state index contributed by atoms with van der Waals surface area (Å²) in [4.78, 5) is 25.1. The molecule has 0 aromatic carbocycles. The summed E-state index contributed by atoms with van der Waals surface area (Å²) < 4.78 is 0. The van der Waals surface area contributed by atoms with Crippen LogP contribution < -0.4 is 10.6 Å². The Morgan fingerprint density at radius 1 is 0.650 bits per heavy atom. The van der Waals surface area contributed by atoms with E-state index in [4.69, 9.17) is 0 Å². The first-order valence-corrected chi connectivity index (χ1v) is 8.11. The third-order valence-corrected chi connectivity index (χ3v) is 5.61. The maximum atomic E-state index is 12.6. The first-order valence-electron chi connectivity index (χ1n) is 8.11. The number of carbonyl (C=O) groups is 2. The highest BCUT2D eigenvalue weighted by Crippen LogP contribution is 2.37. The van der Waals surface area contributed by atoms with Gasteiger partial charge in [-0.15, -0.1) is 0 Å². The molecule has 0 spiro atoms. The lowest BCUT2D eigenvalue weighted by Crippen LogP contribution is -2.31. The second-order valence-electron chi connectivity index (χ2n) is 6.76. The number of ketones is 2. The number of hydrogen-bond acceptors (Lipinski definition) is 4. The number of carbonyl (C=O) groups excluding carboxylic acids is 2. The van der Waals surface area contributed by atoms with Crippen LogP contribution in [0.3, 0.4) is 0 Å². The highest BCUT2D eigenvalue weighted by Gasteiger charge is 2.46. The third-order valence-electron chi connectivity index (χ3n) is 5.61. The van der Waals surface area contributed by atoms with Gasteiger partial charge in [-0.3, -0.25) is 9.59 Å². The monoisotopic (exact) mass is 274 g/mol. The Hall–Kier alpha value is -1.32. The smallest absolute Gasteiger partial charge is 0.186 e. The van der Waals surface area contributed by atoms with E-state index in [1.807, 2.05) is 0 Å². The molecule has 0 radical (unpaired) electrons. The largest absolute Gasteiger partial charge is 0.377 e. The summed E-state index contributed by atoms with van der Waals surface area (Å²) in [7, 11) is 0. The molecular weight excluding hydrogens is 252 g/mol. The van der Waals surface area contributed by atoms with Gasteiger partial charge in [0.25, 0.3) is 0 Å². The SMILES string of the molecule is O=C1/C(=C2/NC3CCCCC3C2=O)NC2CCCCC12. The van der Waals surface area contributed by atoms with Crippen molar-refractivity contribution in [1.82, 2.24) is 10.6 Å². The molecule has 0 aromatic rings. The Morgan fingerprint density at radius 2 is 1.05 bits per heavy atom. The van der Waals surface area contributed by atoms with E-state index in [0.29, 0.717) is 11.4 Å². The second-order valence-corrected chi connectivity index (χ2v) is 6.76. The van der Waals surface area contributed by atoms with E-state index in [1.165, 1.54) is 12.8 Å². The zero-order valence-electron chi connectivity index (χ0n) is 11.8. The van der Waals surface area contributed by atoms with Crippen LogP contribution in [-0.2, 0) is 9.59 Å². The first-order chi connectivity index (χ1) is 9.75. The molecule has 2 N–H and O–H groups in total. The molecule has 2 aliphatic carbocycles. The van der Waals surface area contributed by atoms with Gasteiger partial charge in [0.05, 0.1) is 0 Å². The lowest BCUT2D eigenvalue weighted by Gasteiger charge is -2.22. The van der Waals surface area contributed by atoms with Crippen molar-refractivity contribution >= 4 is 11.6 Å². The van der Waals surface area contributed by atoms with Crippen LogP contribution in [-0.4, -0.2) is 23.7 Å². The molecule has 4 atom stereocenters. The van der Waals surface area contributed by atoms with Crippen LogP contribution in [0.25, 0.3) is 0 Å². The van der Waals surface area contributed by atoms with E-state index >= 15 is 0 Å². The van der Waals surface area contributed by atoms with E-state index < -0.39 is 0 Å². The molecule has 0 aromatic heterocycles. The number of nitrogens with one attached hydrogen (secondary N) is 2. The minimum Gasteiger partial charge on any atom is -0.377 e. The summed E-state index contributed by atoms with van der Waals surface area (Å²) in [6, 6.07) is 0.548. The standard InChI is InChI=1S/C16H22N2O2/c19-15-9-5-1-3-7-11(9)17-13(15)14-16(20)10-6-2-4-8-12(10)18-14/h9-12,17-18H,1-8H2/b14-13-. The van der Waals surface area contributed by atoms with Gasteiger partial charge in [-0.1, -0.05) is 25.7 Å². The van der Waals surface area contributed by atoms with Crippen molar-refractivity contribution in [1.29, 1.82) is 0 Å². The van der Waals surface area contributed by atoms with E-state index in [0.717, 1.165) is 38.5 Å². The molecule has 108 valence electrons. The molecule has 4 nitrogen and oxygen atoms in total. The van der Waals surface area contributed by atoms with Gasteiger partial charge in [-0.2, -0.15) is 0 Å². The van der Waals surface area contributed by atoms with Crippen LogP contribution in [0.1, 0.15) is 51.4 Å². The van der Waals surface area contributed by atoms with Crippen molar-refractivity contribution in [3.05, 3.63) is 11.4 Å². The Bertz CT molecular complexity index is 453. The van der Waals surface area contributed by atoms with Crippen LogP contribution in [0, 0.1) is 11.8 Å². The number of fused-ring (bicyclic) bond motifs is 2. The maximum Gasteiger partial charge on any atom is 0.186 e. The van der Waals surface area contributed by atoms with Crippen LogP contribution in [0.15, 0.2) is 11.4 Å². The van der Waals surface area contributed by atoms with Gasteiger partial charge in [0, 0.05) is 23.9 Å². The summed E-state index contributed by atoms with van der Waals surface area (Å²) in [6.07, 6.45) is 8.76. The van der Waals surface area contributed by atoms with E-state index in [9.17, 15) is 9.59 Å². The average Bonchev–Trinajstić information content (AvgIpc) is 2.98. The fourth-order valence-electron chi connectivity index (χ4n) is 4.51. The fraction of sp³-hybridized carbons (Fsp3) is 0.750. The highest BCUT2D eigenvalue weighted by atomic mass is 16.1. The molecule has 2 heterocycles. The van der Waals surface area contributed by atoms with E-state index in [2.05, 4.69) is 10.6 Å². The first kappa shape index (κ1) is 12.4. The summed E-state index contributed by atoms with van der Waals surface area (Å²) >= 11 is 0. The lowest BCUT2D eigenvalue weighted by molar-refractivity contribution is -0.120. The predicted octanol–water partition coefficient (Wildman–Crippen LogP) is 1.66. The molecule has 4 aliphatic rings. The average molecular weight is 274 g/mol. The predicted molar refractivity (Wildman–Crippen MR) is 74.8 cm³/mol.